The van der Waals surface area contributed by atoms with Gasteiger partial charge in [-0.3, -0.25) is 4.79 Å². The zero-order chi connectivity index (χ0) is 18.5. The van der Waals surface area contributed by atoms with E-state index in [0.29, 0.717) is 33.9 Å². The van der Waals surface area contributed by atoms with E-state index in [2.05, 4.69) is 26.0 Å². The minimum Gasteiger partial charge on any atom is -0.497 e. The lowest BCUT2D eigenvalue weighted by Gasteiger charge is -2.10. The minimum atomic E-state index is -0.250. The summed E-state index contributed by atoms with van der Waals surface area (Å²) >= 11 is 1.18. The van der Waals surface area contributed by atoms with Crippen LogP contribution in [0.25, 0.3) is 5.69 Å². The van der Waals surface area contributed by atoms with E-state index in [9.17, 15) is 4.79 Å². The van der Waals surface area contributed by atoms with E-state index in [1.54, 1.807) is 45.4 Å². The van der Waals surface area contributed by atoms with E-state index in [0.717, 1.165) is 0 Å². The number of carbonyl (C=O) groups excluding carboxylic acids is 1. The summed E-state index contributed by atoms with van der Waals surface area (Å²) in [6.07, 6.45) is 0. The Kier molecular flexibility index (Phi) is 5.37. The Labute approximate surface area is 152 Å². The molecular weight excluding hydrogens is 360 g/mol. The summed E-state index contributed by atoms with van der Waals surface area (Å²) < 4.78 is 17.0. The van der Waals surface area contributed by atoms with E-state index in [4.69, 9.17) is 14.0 Å². The van der Waals surface area contributed by atoms with Crippen LogP contribution in [0.2, 0.25) is 0 Å². The zero-order valence-corrected chi connectivity index (χ0v) is 15.1. The SMILES string of the molecule is COc1ccc(-n2nnnc2SCC(=O)Nc2cc(C)on2)c(OC)c1. The Morgan fingerprint density at radius 1 is 1.31 bits per heavy atom. The van der Waals surface area contributed by atoms with Crippen molar-refractivity contribution in [1.29, 1.82) is 0 Å². The van der Waals surface area contributed by atoms with E-state index >= 15 is 0 Å². The average Bonchev–Trinajstić information content (AvgIpc) is 3.28. The predicted octanol–water partition coefficient (Wildman–Crippen LogP) is 1.71. The first-order valence-corrected chi connectivity index (χ1v) is 8.46. The number of nitrogens with zero attached hydrogens (tertiary/aromatic N) is 5. The summed E-state index contributed by atoms with van der Waals surface area (Å²) in [5.74, 6) is 2.02. The summed E-state index contributed by atoms with van der Waals surface area (Å²) in [7, 11) is 3.12. The third-order valence-corrected chi connectivity index (χ3v) is 4.20. The van der Waals surface area contributed by atoms with Crippen LogP contribution < -0.4 is 14.8 Å². The second-order valence-corrected chi connectivity index (χ2v) is 6.01. The predicted molar refractivity (Wildman–Crippen MR) is 92.9 cm³/mol. The van der Waals surface area contributed by atoms with Gasteiger partial charge in [-0.1, -0.05) is 16.9 Å². The molecule has 2 aromatic heterocycles. The number of hydrogen-bond donors (Lipinski definition) is 1. The number of carbonyl (C=O) groups is 1. The molecule has 11 heteroatoms. The topological polar surface area (TPSA) is 117 Å². The quantitative estimate of drug-likeness (QED) is 0.615. The van der Waals surface area contributed by atoms with E-state index in [1.165, 1.54) is 16.4 Å². The number of thioether (sulfide) groups is 1. The van der Waals surface area contributed by atoms with Crippen LogP contribution in [0, 0.1) is 6.92 Å². The molecule has 0 aliphatic carbocycles. The van der Waals surface area contributed by atoms with Gasteiger partial charge < -0.3 is 19.3 Å². The molecule has 0 atom stereocenters. The summed E-state index contributed by atoms with van der Waals surface area (Å²) in [5.41, 5.74) is 0.633. The van der Waals surface area contributed by atoms with Gasteiger partial charge in [0.05, 0.1) is 20.0 Å². The number of methoxy groups -OCH3 is 2. The Hall–Kier alpha value is -3.08. The van der Waals surface area contributed by atoms with Crippen LogP contribution in [0.15, 0.2) is 33.9 Å². The van der Waals surface area contributed by atoms with Crippen molar-refractivity contribution in [3.05, 3.63) is 30.0 Å². The fourth-order valence-electron chi connectivity index (χ4n) is 2.11. The number of hydrogen-bond acceptors (Lipinski definition) is 9. The number of tetrazole rings is 1. The molecule has 0 bridgehead atoms. The lowest BCUT2D eigenvalue weighted by atomic mass is 10.3. The molecule has 3 aromatic rings. The van der Waals surface area contributed by atoms with Gasteiger partial charge in [0.25, 0.3) is 0 Å². The highest BCUT2D eigenvalue weighted by Crippen LogP contribution is 2.29. The molecule has 0 saturated heterocycles. The Morgan fingerprint density at radius 3 is 2.85 bits per heavy atom. The molecule has 1 aromatic carbocycles. The summed E-state index contributed by atoms with van der Waals surface area (Å²) in [6.45, 7) is 1.74. The molecular formula is C15H16N6O4S. The number of benzene rings is 1. The monoisotopic (exact) mass is 376 g/mol. The maximum Gasteiger partial charge on any atom is 0.236 e. The van der Waals surface area contributed by atoms with Crippen LogP contribution in [0.5, 0.6) is 11.5 Å². The third-order valence-electron chi connectivity index (χ3n) is 3.28. The first-order valence-electron chi connectivity index (χ1n) is 7.47. The minimum absolute atomic E-state index is 0.102. The normalized spacial score (nSPS) is 10.6. The van der Waals surface area contributed by atoms with Gasteiger partial charge in [-0.05, 0) is 29.5 Å². The van der Waals surface area contributed by atoms with Gasteiger partial charge in [-0.15, -0.1) is 5.10 Å². The number of rotatable bonds is 7. The van der Waals surface area contributed by atoms with Crippen molar-refractivity contribution in [1.82, 2.24) is 25.4 Å². The fourth-order valence-corrected chi connectivity index (χ4v) is 2.80. The number of nitrogens with one attached hydrogen (secondary N) is 1. The largest absolute Gasteiger partial charge is 0.497 e. The number of amides is 1. The first-order chi connectivity index (χ1) is 12.6. The smallest absolute Gasteiger partial charge is 0.236 e. The van der Waals surface area contributed by atoms with Crippen molar-refractivity contribution in [2.45, 2.75) is 12.1 Å². The van der Waals surface area contributed by atoms with Crippen molar-refractivity contribution in [2.24, 2.45) is 0 Å². The van der Waals surface area contributed by atoms with Gasteiger partial charge in [-0.2, -0.15) is 4.68 Å². The van der Waals surface area contributed by atoms with Gasteiger partial charge >= 0.3 is 0 Å². The molecule has 0 unspecified atom stereocenters. The van der Waals surface area contributed by atoms with Crippen LogP contribution in [-0.2, 0) is 4.79 Å². The maximum absolute atomic E-state index is 12.0. The standard InChI is InChI=1S/C15H16N6O4S/c1-9-6-13(18-25-9)16-14(22)8-26-15-17-19-20-21(15)11-5-4-10(23-2)7-12(11)24-3/h4-7H,8H2,1-3H3,(H,16,18,22). The lowest BCUT2D eigenvalue weighted by molar-refractivity contribution is -0.113. The molecule has 1 N–H and O–H groups in total. The Bertz CT molecular complexity index is 909. The second kappa shape index (κ2) is 7.87. The average molecular weight is 376 g/mol. The highest BCUT2D eigenvalue weighted by atomic mass is 32.2. The number of aryl methyl sites for hydroxylation is 1. The molecule has 0 radical (unpaired) electrons. The van der Waals surface area contributed by atoms with Gasteiger partial charge in [-0.25, -0.2) is 0 Å². The highest BCUT2D eigenvalue weighted by Gasteiger charge is 2.16. The van der Waals surface area contributed by atoms with Crippen molar-refractivity contribution in [3.63, 3.8) is 0 Å². The lowest BCUT2D eigenvalue weighted by Crippen LogP contribution is -2.14. The third kappa shape index (κ3) is 3.94. The van der Waals surface area contributed by atoms with E-state index in [1.807, 2.05) is 0 Å². The second-order valence-electron chi connectivity index (χ2n) is 5.07. The van der Waals surface area contributed by atoms with Crippen LogP contribution in [0.3, 0.4) is 0 Å². The van der Waals surface area contributed by atoms with E-state index < -0.39 is 0 Å². The van der Waals surface area contributed by atoms with Crippen molar-refractivity contribution in [2.75, 3.05) is 25.3 Å². The molecule has 3 rings (SSSR count). The first kappa shape index (κ1) is 17.7. The molecule has 0 spiro atoms. The van der Waals surface area contributed by atoms with Crippen LogP contribution in [-0.4, -0.2) is 51.2 Å². The van der Waals surface area contributed by atoms with Gasteiger partial charge in [0.2, 0.25) is 11.1 Å². The van der Waals surface area contributed by atoms with Gasteiger partial charge in [0.15, 0.2) is 5.82 Å². The van der Waals surface area contributed by atoms with Crippen molar-refractivity contribution < 1.29 is 18.8 Å². The molecule has 0 fully saturated rings. The molecule has 1 amide bonds. The number of ether oxygens (including phenoxy) is 2. The molecule has 2 heterocycles. The molecule has 0 aliphatic heterocycles. The van der Waals surface area contributed by atoms with Gasteiger partial charge in [0.1, 0.15) is 22.9 Å². The zero-order valence-electron chi connectivity index (χ0n) is 14.3. The fraction of sp³-hybridized carbons (Fsp3) is 0.267. The van der Waals surface area contributed by atoms with Crippen LogP contribution in [0.4, 0.5) is 5.82 Å². The Balaban J connectivity index is 1.72. The summed E-state index contributed by atoms with van der Waals surface area (Å²) in [4.78, 5) is 12.0. The van der Waals surface area contributed by atoms with Crippen LogP contribution in [0.1, 0.15) is 5.76 Å². The molecule has 136 valence electrons. The molecule has 26 heavy (non-hydrogen) atoms. The van der Waals surface area contributed by atoms with Crippen LogP contribution >= 0.6 is 11.8 Å². The molecule has 0 aliphatic rings. The molecule has 10 nitrogen and oxygen atoms in total. The summed E-state index contributed by atoms with van der Waals surface area (Å²) in [5, 5.41) is 18.4. The molecule has 0 saturated carbocycles. The Morgan fingerprint density at radius 2 is 2.15 bits per heavy atom. The number of aromatic nitrogens is 5. The van der Waals surface area contributed by atoms with Gasteiger partial charge in [0, 0.05) is 12.1 Å². The van der Waals surface area contributed by atoms with Crippen molar-refractivity contribution in [3.8, 4) is 17.2 Å². The number of anilines is 1. The van der Waals surface area contributed by atoms with E-state index in [-0.39, 0.29) is 11.7 Å². The van der Waals surface area contributed by atoms with Crippen molar-refractivity contribution >= 4 is 23.5 Å². The maximum atomic E-state index is 12.0. The summed E-state index contributed by atoms with van der Waals surface area (Å²) in [6, 6.07) is 6.91. The highest BCUT2D eigenvalue weighted by molar-refractivity contribution is 7.99.